The molecule has 0 N–H and O–H groups in total. The Hall–Kier alpha value is -1.18. The highest BCUT2D eigenvalue weighted by Gasteiger charge is 2.23. The van der Waals surface area contributed by atoms with Crippen LogP contribution in [-0.4, -0.2) is 56.2 Å². The molecule has 0 unspecified atom stereocenters. The Balaban J connectivity index is 2.97. The van der Waals surface area contributed by atoms with Crippen LogP contribution in [0.4, 0.5) is 0 Å². The molecule has 1 rings (SSSR count). The molecular formula is C10H14ClN3O3S. The van der Waals surface area contributed by atoms with E-state index in [1.165, 1.54) is 30.3 Å². The second-order valence-corrected chi connectivity index (χ2v) is 6.30. The second kappa shape index (κ2) is 5.64. The lowest BCUT2D eigenvalue weighted by Gasteiger charge is -2.19. The van der Waals surface area contributed by atoms with Crippen molar-refractivity contribution in [3.05, 3.63) is 23.5 Å². The molecule has 0 saturated carbocycles. The van der Waals surface area contributed by atoms with Gasteiger partial charge in [-0.25, -0.2) is 13.4 Å². The molecule has 1 aromatic rings. The van der Waals surface area contributed by atoms with Crippen LogP contribution in [-0.2, 0) is 14.8 Å². The molecule has 0 aliphatic carbocycles. The third-order valence-electron chi connectivity index (χ3n) is 2.26. The first-order valence-electron chi connectivity index (χ1n) is 5.03. The van der Waals surface area contributed by atoms with Crippen molar-refractivity contribution in [1.29, 1.82) is 0 Å². The first kappa shape index (κ1) is 14.9. The molecule has 0 saturated heterocycles. The van der Waals surface area contributed by atoms with Gasteiger partial charge in [0.15, 0.2) is 0 Å². The zero-order valence-corrected chi connectivity index (χ0v) is 11.9. The summed E-state index contributed by atoms with van der Waals surface area (Å²) in [5, 5.41) is 0.0865. The average Bonchev–Trinajstić information content (AvgIpc) is 2.28. The highest BCUT2D eigenvalue weighted by Crippen LogP contribution is 2.16. The van der Waals surface area contributed by atoms with Gasteiger partial charge in [-0.1, -0.05) is 11.6 Å². The summed E-state index contributed by atoms with van der Waals surface area (Å²) >= 11 is 5.64. The fraction of sp³-hybridized carbons (Fsp3) is 0.400. The SMILES string of the molecule is CN(C)C(=O)CN(C)S(=O)(=O)c1ccnc(Cl)c1. The third kappa shape index (κ3) is 3.41. The number of carbonyl (C=O) groups is 1. The summed E-state index contributed by atoms with van der Waals surface area (Å²) in [5.74, 6) is -0.304. The van der Waals surface area contributed by atoms with E-state index >= 15 is 0 Å². The van der Waals surface area contributed by atoms with Crippen molar-refractivity contribution in [3.8, 4) is 0 Å². The Bertz CT molecular complexity index is 545. The van der Waals surface area contributed by atoms with Gasteiger partial charge in [0.2, 0.25) is 15.9 Å². The number of nitrogens with zero attached hydrogens (tertiary/aromatic N) is 3. The molecule has 18 heavy (non-hydrogen) atoms. The molecular weight excluding hydrogens is 278 g/mol. The minimum absolute atomic E-state index is 0.0107. The van der Waals surface area contributed by atoms with Gasteiger partial charge >= 0.3 is 0 Å². The number of hydrogen-bond donors (Lipinski definition) is 0. The highest BCUT2D eigenvalue weighted by molar-refractivity contribution is 7.89. The molecule has 0 fully saturated rings. The van der Waals surface area contributed by atoms with Gasteiger partial charge in [0.05, 0.1) is 11.4 Å². The summed E-state index contributed by atoms with van der Waals surface area (Å²) in [6.45, 7) is -0.227. The predicted molar refractivity (Wildman–Crippen MR) is 67.8 cm³/mol. The van der Waals surface area contributed by atoms with E-state index in [1.807, 2.05) is 0 Å². The van der Waals surface area contributed by atoms with Crippen molar-refractivity contribution in [3.63, 3.8) is 0 Å². The van der Waals surface area contributed by atoms with Crippen LogP contribution in [0.25, 0.3) is 0 Å². The minimum Gasteiger partial charge on any atom is -0.348 e. The van der Waals surface area contributed by atoms with Gasteiger partial charge in [0, 0.05) is 27.3 Å². The van der Waals surface area contributed by atoms with Crippen LogP contribution in [0.2, 0.25) is 5.15 Å². The van der Waals surface area contributed by atoms with Crippen LogP contribution < -0.4 is 0 Å². The Kier molecular flexibility index (Phi) is 4.66. The maximum atomic E-state index is 12.1. The fourth-order valence-electron chi connectivity index (χ4n) is 1.14. The van der Waals surface area contributed by atoms with Crippen LogP contribution in [0.1, 0.15) is 0 Å². The number of carbonyl (C=O) groups excluding carboxylic acids is 1. The van der Waals surface area contributed by atoms with Gasteiger partial charge in [-0.05, 0) is 12.1 Å². The summed E-state index contributed by atoms with van der Waals surface area (Å²) < 4.78 is 25.2. The molecule has 0 radical (unpaired) electrons. The number of amides is 1. The zero-order chi connectivity index (χ0) is 13.9. The molecule has 1 aromatic heterocycles. The summed E-state index contributed by atoms with van der Waals surface area (Å²) in [4.78, 5) is 16.5. The molecule has 0 atom stereocenters. The molecule has 1 amide bonds. The van der Waals surface area contributed by atoms with E-state index in [2.05, 4.69) is 4.98 Å². The standard InChI is InChI=1S/C10H14ClN3O3S/c1-13(2)10(15)7-14(3)18(16,17)8-4-5-12-9(11)6-8/h4-6H,7H2,1-3H3. The largest absolute Gasteiger partial charge is 0.348 e. The van der Waals surface area contributed by atoms with E-state index < -0.39 is 10.0 Å². The highest BCUT2D eigenvalue weighted by atomic mass is 35.5. The van der Waals surface area contributed by atoms with Crippen LogP contribution in [0.5, 0.6) is 0 Å². The van der Waals surface area contributed by atoms with Crippen molar-refractivity contribution >= 4 is 27.5 Å². The number of hydrogen-bond acceptors (Lipinski definition) is 4. The lowest BCUT2D eigenvalue weighted by atomic mass is 10.5. The summed E-state index contributed by atoms with van der Waals surface area (Å²) in [7, 11) is 0.733. The first-order valence-corrected chi connectivity index (χ1v) is 6.85. The van der Waals surface area contributed by atoms with E-state index in [0.29, 0.717) is 0 Å². The van der Waals surface area contributed by atoms with Crippen LogP contribution in [0.3, 0.4) is 0 Å². The van der Waals surface area contributed by atoms with Crippen LogP contribution >= 0.6 is 11.6 Å². The van der Waals surface area contributed by atoms with E-state index in [-0.39, 0.29) is 22.5 Å². The molecule has 8 heteroatoms. The van der Waals surface area contributed by atoms with Crippen LogP contribution in [0, 0.1) is 0 Å². The zero-order valence-electron chi connectivity index (χ0n) is 10.3. The number of aromatic nitrogens is 1. The lowest BCUT2D eigenvalue weighted by Crippen LogP contribution is -2.37. The molecule has 1 heterocycles. The number of likely N-dealkylation sites (N-methyl/N-ethyl adjacent to an activating group) is 2. The quantitative estimate of drug-likeness (QED) is 0.755. The Morgan fingerprint density at radius 3 is 2.50 bits per heavy atom. The summed E-state index contributed by atoms with van der Waals surface area (Å²) in [5.41, 5.74) is 0. The number of rotatable bonds is 4. The van der Waals surface area contributed by atoms with Crippen molar-refractivity contribution in [1.82, 2.24) is 14.2 Å². The van der Waals surface area contributed by atoms with Crippen molar-refractivity contribution in [2.24, 2.45) is 0 Å². The van der Waals surface area contributed by atoms with Gasteiger partial charge in [0.25, 0.3) is 0 Å². The normalized spacial score (nSPS) is 11.6. The first-order chi connectivity index (χ1) is 8.25. The molecule has 0 spiro atoms. The number of halogens is 1. The van der Waals surface area contributed by atoms with Crippen molar-refractivity contribution in [2.45, 2.75) is 4.90 Å². The second-order valence-electron chi connectivity index (χ2n) is 3.86. The Morgan fingerprint density at radius 2 is 2.00 bits per heavy atom. The van der Waals surface area contributed by atoms with Gasteiger partial charge in [-0.15, -0.1) is 0 Å². The molecule has 6 nitrogen and oxygen atoms in total. The fourth-order valence-corrected chi connectivity index (χ4v) is 2.51. The molecule has 0 bridgehead atoms. The lowest BCUT2D eigenvalue weighted by molar-refractivity contribution is -0.128. The molecule has 0 aliphatic heterocycles. The van der Waals surface area contributed by atoms with Gasteiger partial charge in [0.1, 0.15) is 5.15 Å². The predicted octanol–water partition coefficient (Wildman–Crippen LogP) is 0.444. The van der Waals surface area contributed by atoms with E-state index in [1.54, 1.807) is 14.1 Å². The van der Waals surface area contributed by atoms with Gasteiger partial charge < -0.3 is 4.90 Å². The van der Waals surface area contributed by atoms with Crippen molar-refractivity contribution < 1.29 is 13.2 Å². The maximum Gasteiger partial charge on any atom is 0.243 e. The van der Waals surface area contributed by atoms with Gasteiger partial charge in [-0.2, -0.15) is 4.31 Å². The van der Waals surface area contributed by atoms with Crippen molar-refractivity contribution in [2.75, 3.05) is 27.7 Å². The monoisotopic (exact) mass is 291 g/mol. The number of pyridine rings is 1. The average molecular weight is 292 g/mol. The molecule has 100 valence electrons. The number of sulfonamides is 1. The van der Waals surface area contributed by atoms with E-state index in [0.717, 1.165) is 4.31 Å². The van der Waals surface area contributed by atoms with Gasteiger partial charge in [-0.3, -0.25) is 4.79 Å². The summed E-state index contributed by atoms with van der Waals surface area (Å²) in [6, 6.07) is 2.57. The van der Waals surface area contributed by atoms with E-state index in [9.17, 15) is 13.2 Å². The molecule has 0 aromatic carbocycles. The maximum absolute atomic E-state index is 12.1. The molecule has 0 aliphatic rings. The van der Waals surface area contributed by atoms with Crippen LogP contribution in [0.15, 0.2) is 23.2 Å². The smallest absolute Gasteiger partial charge is 0.243 e. The topological polar surface area (TPSA) is 70.6 Å². The summed E-state index contributed by atoms with van der Waals surface area (Å²) in [6.07, 6.45) is 1.30. The Labute approximate surface area is 111 Å². The third-order valence-corrected chi connectivity index (χ3v) is 4.27. The van der Waals surface area contributed by atoms with E-state index in [4.69, 9.17) is 11.6 Å². The minimum atomic E-state index is -3.73. The Morgan fingerprint density at radius 1 is 1.39 bits per heavy atom.